The number of hydrogen-bond acceptors (Lipinski definition) is 3. The van der Waals surface area contributed by atoms with Crippen LogP contribution in [0.25, 0.3) is 11.1 Å². The lowest BCUT2D eigenvalue weighted by atomic mass is 10.1. The predicted octanol–water partition coefficient (Wildman–Crippen LogP) is 2.94. The Morgan fingerprint density at radius 3 is 2.67 bits per heavy atom. The molecule has 0 atom stereocenters. The number of aryl methyl sites for hydroxylation is 1. The molecular weight excluding hydrogens is 268 g/mol. The molecule has 0 saturated heterocycles. The highest BCUT2D eigenvalue weighted by Gasteiger charge is 2.07. The van der Waals surface area contributed by atoms with Gasteiger partial charge in [-0.1, -0.05) is 19.1 Å². The topological polar surface area (TPSA) is 75.1 Å². The highest BCUT2D eigenvalue weighted by atomic mass is 16.4. The summed E-state index contributed by atoms with van der Waals surface area (Å²) in [4.78, 5) is 25.8. The third-order valence-electron chi connectivity index (χ3n) is 3.30. The number of rotatable bonds is 3. The third kappa shape index (κ3) is 2.72. The molecule has 0 aliphatic heterocycles. The van der Waals surface area contributed by atoms with E-state index in [9.17, 15) is 9.59 Å². The van der Waals surface area contributed by atoms with Gasteiger partial charge in [-0.3, -0.25) is 9.78 Å². The zero-order valence-corrected chi connectivity index (χ0v) is 11.5. The van der Waals surface area contributed by atoms with E-state index in [-0.39, 0.29) is 5.91 Å². The van der Waals surface area contributed by atoms with Gasteiger partial charge in [-0.25, -0.2) is 4.79 Å². The van der Waals surface area contributed by atoms with Crippen molar-refractivity contribution in [3.63, 3.8) is 0 Å². The Morgan fingerprint density at radius 1 is 1.19 bits per heavy atom. The number of H-pyrrole nitrogens is 1. The lowest BCUT2D eigenvalue weighted by Gasteiger charge is -2.05. The molecule has 106 valence electrons. The van der Waals surface area contributed by atoms with Gasteiger partial charge in [0.1, 0.15) is 0 Å². The summed E-state index contributed by atoms with van der Waals surface area (Å²) in [5.41, 5.74) is 3.39. The first kappa shape index (κ1) is 13.2. The van der Waals surface area contributed by atoms with Crippen molar-refractivity contribution in [2.45, 2.75) is 13.3 Å². The van der Waals surface area contributed by atoms with Gasteiger partial charge in [0.25, 0.3) is 5.91 Å². The summed E-state index contributed by atoms with van der Waals surface area (Å²) in [6.45, 7) is 2.07. The summed E-state index contributed by atoms with van der Waals surface area (Å²) in [5.74, 6) is -0.702. The normalized spacial score (nSPS) is 10.7. The van der Waals surface area contributed by atoms with Gasteiger partial charge in [0.05, 0.1) is 5.52 Å². The number of carbonyl (C=O) groups is 1. The summed E-state index contributed by atoms with van der Waals surface area (Å²) in [5, 5.41) is 2.79. The van der Waals surface area contributed by atoms with E-state index in [1.54, 1.807) is 30.3 Å². The fourth-order valence-electron chi connectivity index (χ4n) is 2.12. The van der Waals surface area contributed by atoms with Crippen molar-refractivity contribution in [3.8, 4) is 0 Å². The van der Waals surface area contributed by atoms with Crippen LogP contribution in [0.15, 0.2) is 51.7 Å². The van der Waals surface area contributed by atoms with Gasteiger partial charge < -0.3 is 9.73 Å². The van der Waals surface area contributed by atoms with E-state index in [0.717, 1.165) is 6.42 Å². The lowest BCUT2D eigenvalue weighted by Crippen LogP contribution is -2.11. The van der Waals surface area contributed by atoms with Crippen LogP contribution >= 0.6 is 0 Å². The Balaban J connectivity index is 1.82. The smallest absolute Gasteiger partial charge is 0.408 e. The zero-order chi connectivity index (χ0) is 14.8. The van der Waals surface area contributed by atoms with Crippen LogP contribution in [0.1, 0.15) is 22.8 Å². The average molecular weight is 282 g/mol. The molecule has 0 bridgehead atoms. The van der Waals surface area contributed by atoms with Crippen molar-refractivity contribution >= 4 is 22.7 Å². The summed E-state index contributed by atoms with van der Waals surface area (Å²) in [6.07, 6.45) is 0.937. The molecule has 0 radical (unpaired) electrons. The van der Waals surface area contributed by atoms with Gasteiger partial charge in [-0.05, 0) is 42.3 Å². The first-order chi connectivity index (χ1) is 10.2. The van der Waals surface area contributed by atoms with Gasteiger partial charge in [-0.2, -0.15) is 0 Å². The number of oxazole rings is 1. The van der Waals surface area contributed by atoms with Gasteiger partial charge >= 0.3 is 5.76 Å². The first-order valence-corrected chi connectivity index (χ1v) is 6.69. The fraction of sp³-hybridized carbons (Fsp3) is 0.125. The van der Waals surface area contributed by atoms with Crippen molar-refractivity contribution in [1.29, 1.82) is 0 Å². The number of fused-ring (bicyclic) bond motifs is 1. The molecule has 0 spiro atoms. The van der Waals surface area contributed by atoms with E-state index in [0.29, 0.717) is 22.4 Å². The molecule has 1 amide bonds. The van der Waals surface area contributed by atoms with Gasteiger partial charge in [0.2, 0.25) is 0 Å². The summed E-state index contributed by atoms with van der Waals surface area (Å²) in [6, 6.07) is 12.5. The molecule has 5 nitrogen and oxygen atoms in total. The number of aromatic nitrogens is 1. The highest BCUT2D eigenvalue weighted by Crippen LogP contribution is 2.17. The molecule has 0 unspecified atom stereocenters. The number of anilines is 1. The molecule has 0 aliphatic carbocycles. The molecule has 2 aromatic carbocycles. The standard InChI is InChI=1S/C16H14N2O3/c1-2-10-3-5-11(6-4-10)15(19)17-12-7-8-14-13(9-12)18-16(20)21-14/h3-9H,2H2,1H3,(H,17,19)(H,18,20). The van der Waals surface area contributed by atoms with Crippen LogP contribution < -0.4 is 11.1 Å². The second-order valence-corrected chi connectivity index (χ2v) is 4.73. The molecule has 0 aliphatic rings. The average Bonchev–Trinajstić information content (AvgIpc) is 2.86. The lowest BCUT2D eigenvalue weighted by molar-refractivity contribution is 0.102. The molecule has 5 heteroatoms. The SMILES string of the molecule is CCc1ccc(C(=O)Nc2ccc3oc(=O)[nH]c3c2)cc1. The van der Waals surface area contributed by atoms with Crippen LogP contribution in [-0.2, 0) is 6.42 Å². The van der Waals surface area contributed by atoms with Gasteiger partial charge in [0.15, 0.2) is 5.58 Å². The summed E-state index contributed by atoms with van der Waals surface area (Å²) < 4.78 is 4.91. The van der Waals surface area contributed by atoms with Crippen molar-refractivity contribution < 1.29 is 9.21 Å². The largest absolute Gasteiger partial charge is 0.417 e. The Bertz CT molecular complexity index is 844. The summed E-state index contributed by atoms with van der Waals surface area (Å²) >= 11 is 0. The molecule has 21 heavy (non-hydrogen) atoms. The fourth-order valence-corrected chi connectivity index (χ4v) is 2.12. The van der Waals surface area contributed by atoms with Gasteiger partial charge in [0, 0.05) is 11.3 Å². The zero-order valence-electron chi connectivity index (χ0n) is 11.5. The molecule has 3 rings (SSSR count). The second kappa shape index (κ2) is 5.28. The van der Waals surface area contributed by atoms with Crippen molar-refractivity contribution in [2.24, 2.45) is 0 Å². The molecule has 1 aromatic heterocycles. The molecular formula is C16H14N2O3. The van der Waals surface area contributed by atoms with Crippen molar-refractivity contribution in [2.75, 3.05) is 5.32 Å². The Hall–Kier alpha value is -2.82. The minimum absolute atomic E-state index is 0.192. The number of benzene rings is 2. The van der Waals surface area contributed by atoms with Crippen LogP contribution in [0.5, 0.6) is 0 Å². The third-order valence-corrected chi connectivity index (χ3v) is 3.30. The van der Waals surface area contributed by atoms with Crippen molar-refractivity contribution in [1.82, 2.24) is 4.98 Å². The Morgan fingerprint density at radius 2 is 1.95 bits per heavy atom. The Kier molecular flexibility index (Phi) is 3.31. The molecule has 0 fully saturated rings. The van der Waals surface area contributed by atoms with Gasteiger partial charge in [-0.15, -0.1) is 0 Å². The molecule has 1 heterocycles. The maximum atomic E-state index is 12.1. The number of amides is 1. The molecule has 2 N–H and O–H groups in total. The quantitative estimate of drug-likeness (QED) is 0.775. The molecule has 3 aromatic rings. The number of nitrogens with one attached hydrogen (secondary N) is 2. The first-order valence-electron chi connectivity index (χ1n) is 6.69. The monoisotopic (exact) mass is 282 g/mol. The molecule has 0 saturated carbocycles. The second-order valence-electron chi connectivity index (χ2n) is 4.73. The number of carbonyl (C=O) groups excluding carboxylic acids is 1. The number of hydrogen-bond donors (Lipinski definition) is 2. The van der Waals surface area contributed by atoms with E-state index < -0.39 is 5.76 Å². The van der Waals surface area contributed by atoms with Crippen LogP contribution in [-0.4, -0.2) is 10.9 Å². The van der Waals surface area contributed by atoms with E-state index >= 15 is 0 Å². The van der Waals surface area contributed by atoms with E-state index in [1.807, 2.05) is 12.1 Å². The van der Waals surface area contributed by atoms with E-state index in [2.05, 4.69) is 17.2 Å². The van der Waals surface area contributed by atoms with Crippen LogP contribution in [0, 0.1) is 0 Å². The van der Waals surface area contributed by atoms with Crippen molar-refractivity contribution in [3.05, 3.63) is 64.1 Å². The highest BCUT2D eigenvalue weighted by molar-refractivity contribution is 6.04. The van der Waals surface area contributed by atoms with Crippen LogP contribution in [0.2, 0.25) is 0 Å². The maximum Gasteiger partial charge on any atom is 0.417 e. The van der Waals surface area contributed by atoms with E-state index in [1.165, 1.54) is 5.56 Å². The minimum Gasteiger partial charge on any atom is -0.408 e. The predicted molar refractivity (Wildman–Crippen MR) is 80.6 cm³/mol. The minimum atomic E-state index is -0.511. The van der Waals surface area contributed by atoms with Crippen LogP contribution in [0.4, 0.5) is 5.69 Å². The van der Waals surface area contributed by atoms with Crippen LogP contribution in [0.3, 0.4) is 0 Å². The summed E-state index contributed by atoms with van der Waals surface area (Å²) in [7, 11) is 0. The number of aromatic amines is 1. The maximum absolute atomic E-state index is 12.1. The Labute approximate surface area is 120 Å². The van der Waals surface area contributed by atoms with E-state index in [4.69, 9.17) is 4.42 Å².